The third-order valence-electron chi connectivity index (χ3n) is 5.37. The molecule has 4 rings (SSSR count). The van der Waals surface area contributed by atoms with Gasteiger partial charge in [0.25, 0.3) is 11.8 Å². The summed E-state index contributed by atoms with van der Waals surface area (Å²) in [7, 11) is 0. The lowest BCUT2D eigenvalue weighted by Crippen LogP contribution is -2.52. The van der Waals surface area contributed by atoms with E-state index in [0.29, 0.717) is 30.5 Å². The summed E-state index contributed by atoms with van der Waals surface area (Å²) in [6.07, 6.45) is 8.49. The van der Waals surface area contributed by atoms with Crippen LogP contribution >= 0.6 is 0 Å². The standard InChI is InChI=1S/C22H21N3O3/c1-2-18(25-20(26)16-9-3-4-10-17(16)21(25)27)22(28)24-13-6-5-11-19(24)15-8-7-12-23-14-15/h3-10,12,14,18-19H,2,11,13H2,1H3/t18-,19-/m1/s1. The summed E-state index contributed by atoms with van der Waals surface area (Å²) in [6.45, 7) is 2.27. The molecule has 0 aliphatic carbocycles. The Morgan fingerprint density at radius 2 is 1.82 bits per heavy atom. The molecule has 1 aromatic carbocycles. The third kappa shape index (κ3) is 2.91. The Kier molecular flexibility index (Phi) is 4.77. The highest BCUT2D eigenvalue weighted by atomic mass is 16.2. The van der Waals surface area contributed by atoms with Crippen LogP contribution in [0, 0.1) is 0 Å². The average Bonchev–Trinajstić information content (AvgIpc) is 3.00. The normalized spacial score (nSPS) is 19.7. The van der Waals surface area contributed by atoms with Gasteiger partial charge in [0.1, 0.15) is 6.04 Å². The van der Waals surface area contributed by atoms with Crippen LogP contribution in [-0.2, 0) is 4.79 Å². The van der Waals surface area contributed by atoms with Gasteiger partial charge in [0.2, 0.25) is 5.91 Å². The number of benzene rings is 1. The van der Waals surface area contributed by atoms with Gasteiger partial charge in [-0.2, -0.15) is 0 Å². The van der Waals surface area contributed by atoms with Crippen molar-refractivity contribution < 1.29 is 14.4 Å². The molecule has 2 aliphatic rings. The van der Waals surface area contributed by atoms with E-state index in [1.165, 1.54) is 0 Å². The van der Waals surface area contributed by atoms with Crippen molar-refractivity contribution >= 4 is 17.7 Å². The van der Waals surface area contributed by atoms with Crippen molar-refractivity contribution in [2.75, 3.05) is 6.54 Å². The predicted octanol–water partition coefficient (Wildman–Crippen LogP) is 2.99. The molecule has 6 nitrogen and oxygen atoms in total. The molecule has 0 bridgehead atoms. The molecule has 2 aliphatic heterocycles. The molecule has 142 valence electrons. The van der Waals surface area contributed by atoms with Gasteiger partial charge in [-0.1, -0.05) is 37.3 Å². The molecule has 28 heavy (non-hydrogen) atoms. The molecule has 0 fully saturated rings. The van der Waals surface area contributed by atoms with Crippen molar-refractivity contribution in [2.45, 2.75) is 31.8 Å². The van der Waals surface area contributed by atoms with E-state index >= 15 is 0 Å². The number of amides is 3. The summed E-state index contributed by atoms with van der Waals surface area (Å²) in [5.41, 5.74) is 1.67. The third-order valence-corrected chi connectivity index (χ3v) is 5.37. The molecule has 2 aromatic rings. The van der Waals surface area contributed by atoms with Gasteiger partial charge in [-0.05, 0) is 36.6 Å². The Hall–Kier alpha value is -3.28. The lowest BCUT2D eigenvalue weighted by molar-refractivity contribution is -0.137. The van der Waals surface area contributed by atoms with Gasteiger partial charge in [0.15, 0.2) is 0 Å². The Balaban J connectivity index is 1.65. The van der Waals surface area contributed by atoms with E-state index in [4.69, 9.17) is 0 Å². The molecule has 6 heteroatoms. The van der Waals surface area contributed by atoms with E-state index in [9.17, 15) is 14.4 Å². The first-order valence-electron chi connectivity index (χ1n) is 9.45. The number of imide groups is 1. The smallest absolute Gasteiger partial charge is 0.262 e. The molecule has 0 N–H and O–H groups in total. The summed E-state index contributed by atoms with van der Waals surface area (Å²) in [6, 6.07) is 9.53. The maximum atomic E-state index is 13.5. The second-order valence-electron chi connectivity index (χ2n) is 6.95. The number of fused-ring (bicyclic) bond motifs is 1. The molecule has 0 spiro atoms. The summed E-state index contributed by atoms with van der Waals surface area (Å²) >= 11 is 0. The Labute approximate surface area is 163 Å². The zero-order valence-corrected chi connectivity index (χ0v) is 15.6. The van der Waals surface area contributed by atoms with Crippen LogP contribution in [0.15, 0.2) is 60.9 Å². The van der Waals surface area contributed by atoms with Gasteiger partial charge in [0.05, 0.1) is 17.2 Å². The molecule has 3 amide bonds. The van der Waals surface area contributed by atoms with Crippen LogP contribution in [0.5, 0.6) is 0 Å². The zero-order valence-electron chi connectivity index (χ0n) is 15.6. The van der Waals surface area contributed by atoms with E-state index in [1.54, 1.807) is 41.6 Å². The number of carbonyl (C=O) groups excluding carboxylic acids is 3. The van der Waals surface area contributed by atoms with Crippen molar-refractivity contribution in [2.24, 2.45) is 0 Å². The highest BCUT2D eigenvalue weighted by Crippen LogP contribution is 2.31. The van der Waals surface area contributed by atoms with Crippen molar-refractivity contribution in [3.63, 3.8) is 0 Å². The molecular formula is C22H21N3O3. The van der Waals surface area contributed by atoms with E-state index in [1.807, 2.05) is 31.2 Å². The minimum Gasteiger partial charge on any atom is -0.330 e. The van der Waals surface area contributed by atoms with Crippen molar-refractivity contribution in [1.82, 2.24) is 14.8 Å². The number of hydrogen-bond acceptors (Lipinski definition) is 4. The fourth-order valence-electron chi connectivity index (χ4n) is 3.95. The summed E-state index contributed by atoms with van der Waals surface area (Å²) < 4.78 is 0. The lowest BCUT2D eigenvalue weighted by atomic mass is 9.99. The topological polar surface area (TPSA) is 70.6 Å². The Morgan fingerprint density at radius 1 is 1.11 bits per heavy atom. The van der Waals surface area contributed by atoms with Gasteiger partial charge in [-0.25, -0.2) is 0 Å². The van der Waals surface area contributed by atoms with Crippen molar-refractivity contribution in [3.8, 4) is 0 Å². The highest BCUT2D eigenvalue weighted by Gasteiger charge is 2.44. The zero-order chi connectivity index (χ0) is 19.7. The van der Waals surface area contributed by atoms with Crippen LogP contribution in [0.4, 0.5) is 0 Å². The van der Waals surface area contributed by atoms with E-state index in [0.717, 1.165) is 10.5 Å². The van der Waals surface area contributed by atoms with Crippen LogP contribution in [0.25, 0.3) is 0 Å². The van der Waals surface area contributed by atoms with E-state index in [2.05, 4.69) is 4.98 Å². The van der Waals surface area contributed by atoms with Crippen molar-refractivity contribution in [1.29, 1.82) is 0 Å². The fourth-order valence-corrected chi connectivity index (χ4v) is 3.95. The van der Waals surface area contributed by atoms with Crippen LogP contribution in [0.2, 0.25) is 0 Å². The van der Waals surface area contributed by atoms with Crippen LogP contribution < -0.4 is 0 Å². The SMILES string of the molecule is CC[C@H](C(=O)N1CC=CC[C@@H]1c1cccnc1)N1C(=O)c2ccccc2C1=O. The van der Waals surface area contributed by atoms with Crippen LogP contribution in [0.3, 0.4) is 0 Å². The monoisotopic (exact) mass is 375 g/mol. The number of hydrogen-bond donors (Lipinski definition) is 0. The van der Waals surface area contributed by atoms with E-state index < -0.39 is 17.9 Å². The molecule has 0 saturated carbocycles. The molecule has 0 saturated heterocycles. The number of pyridine rings is 1. The average molecular weight is 375 g/mol. The summed E-state index contributed by atoms with van der Waals surface area (Å²) in [5, 5.41) is 0. The first kappa shape index (κ1) is 18.1. The molecule has 0 radical (unpaired) electrons. The molecule has 3 heterocycles. The second kappa shape index (κ2) is 7.38. The van der Waals surface area contributed by atoms with E-state index in [-0.39, 0.29) is 11.9 Å². The van der Waals surface area contributed by atoms with Gasteiger partial charge in [-0.15, -0.1) is 0 Å². The molecule has 1 aromatic heterocycles. The van der Waals surface area contributed by atoms with Gasteiger partial charge < -0.3 is 4.90 Å². The van der Waals surface area contributed by atoms with Gasteiger partial charge >= 0.3 is 0 Å². The number of aromatic nitrogens is 1. The van der Waals surface area contributed by atoms with Gasteiger partial charge in [0, 0.05) is 18.9 Å². The predicted molar refractivity (Wildman–Crippen MR) is 103 cm³/mol. The quantitative estimate of drug-likeness (QED) is 0.608. The second-order valence-corrected chi connectivity index (χ2v) is 6.95. The minimum absolute atomic E-state index is 0.157. The molecule has 0 unspecified atom stereocenters. The van der Waals surface area contributed by atoms with Crippen LogP contribution in [0.1, 0.15) is 52.1 Å². The number of nitrogens with zero attached hydrogens (tertiary/aromatic N) is 3. The maximum absolute atomic E-state index is 13.5. The minimum atomic E-state index is -0.821. The van der Waals surface area contributed by atoms with Gasteiger partial charge in [-0.3, -0.25) is 24.3 Å². The highest BCUT2D eigenvalue weighted by molar-refractivity contribution is 6.22. The first-order valence-corrected chi connectivity index (χ1v) is 9.45. The Bertz CT molecular complexity index is 920. The van der Waals surface area contributed by atoms with Crippen LogP contribution in [-0.4, -0.2) is 45.1 Å². The molecule has 2 atom stereocenters. The largest absolute Gasteiger partial charge is 0.330 e. The first-order chi connectivity index (χ1) is 13.6. The lowest BCUT2D eigenvalue weighted by Gasteiger charge is -2.37. The fraction of sp³-hybridized carbons (Fsp3) is 0.273. The van der Waals surface area contributed by atoms with Crippen molar-refractivity contribution in [3.05, 3.63) is 77.6 Å². The number of carbonyl (C=O) groups is 3. The Morgan fingerprint density at radius 3 is 2.43 bits per heavy atom. The summed E-state index contributed by atoms with van der Waals surface area (Å²) in [5.74, 6) is -1.01. The summed E-state index contributed by atoms with van der Waals surface area (Å²) in [4.78, 5) is 46.2. The maximum Gasteiger partial charge on any atom is 0.262 e. The number of rotatable bonds is 4. The molecular weight excluding hydrogens is 354 g/mol.